The Morgan fingerprint density at radius 2 is 1.78 bits per heavy atom. The van der Waals surface area contributed by atoms with E-state index >= 15 is 0 Å². The molecule has 1 aromatic carbocycles. The topological polar surface area (TPSA) is 60.5 Å². The molecule has 0 aliphatic heterocycles. The number of nitrogens with zero attached hydrogens (tertiary/aromatic N) is 1. The van der Waals surface area contributed by atoms with Gasteiger partial charge in [0.15, 0.2) is 11.5 Å². The first kappa shape index (κ1) is 17.3. The lowest BCUT2D eigenvalue weighted by molar-refractivity contribution is 0.103. The summed E-state index contributed by atoms with van der Waals surface area (Å²) in [6.45, 7) is 8.13. The quantitative estimate of drug-likeness (QED) is 0.917. The lowest BCUT2D eigenvalue weighted by Crippen LogP contribution is -2.12. The predicted octanol–water partition coefficient (Wildman–Crippen LogP) is 4.02. The van der Waals surface area contributed by atoms with E-state index in [0.29, 0.717) is 22.1 Å². The van der Waals surface area contributed by atoms with Gasteiger partial charge in [-0.1, -0.05) is 20.8 Å². The molecule has 2 rings (SSSR count). The normalized spacial score (nSPS) is 11.2. The minimum Gasteiger partial charge on any atom is -0.493 e. The highest BCUT2D eigenvalue weighted by atomic mass is 32.1. The Balaban J connectivity index is 2.25. The molecule has 23 heavy (non-hydrogen) atoms. The summed E-state index contributed by atoms with van der Waals surface area (Å²) < 4.78 is 10.5. The monoisotopic (exact) mass is 334 g/mol. The molecule has 1 amide bonds. The fourth-order valence-corrected chi connectivity index (χ4v) is 2.89. The maximum atomic E-state index is 12.4. The molecule has 1 aromatic heterocycles. The van der Waals surface area contributed by atoms with Crippen molar-refractivity contribution < 1.29 is 14.3 Å². The first-order valence-corrected chi connectivity index (χ1v) is 8.08. The van der Waals surface area contributed by atoms with Gasteiger partial charge >= 0.3 is 0 Å². The highest BCUT2D eigenvalue weighted by Crippen LogP contribution is 2.33. The molecule has 0 saturated carbocycles. The average molecular weight is 334 g/mol. The maximum absolute atomic E-state index is 12.4. The molecule has 0 bridgehead atoms. The zero-order valence-electron chi connectivity index (χ0n) is 14.3. The van der Waals surface area contributed by atoms with Crippen LogP contribution in [0.2, 0.25) is 0 Å². The molecule has 0 fully saturated rings. The highest BCUT2D eigenvalue weighted by Gasteiger charge is 2.21. The van der Waals surface area contributed by atoms with Crippen molar-refractivity contribution in [2.24, 2.45) is 0 Å². The van der Waals surface area contributed by atoms with Crippen LogP contribution in [-0.2, 0) is 5.41 Å². The Morgan fingerprint density at radius 3 is 2.30 bits per heavy atom. The van der Waals surface area contributed by atoms with Gasteiger partial charge in [0.2, 0.25) is 0 Å². The number of hydrogen-bond acceptors (Lipinski definition) is 5. The Kier molecular flexibility index (Phi) is 4.94. The molecule has 0 aliphatic rings. The van der Waals surface area contributed by atoms with E-state index in [1.807, 2.05) is 13.0 Å². The van der Waals surface area contributed by atoms with Crippen LogP contribution in [0, 0.1) is 6.92 Å². The zero-order valence-corrected chi connectivity index (χ0v) is 15.1. The van der Waals surface area contributed by atoms with Crippen molar-refractivity contribution in [1.82, 2.24) is 4.98 Å². The molecule has 0 radical (unpaired) electrons. The number of methoxy groups -OCH3 is 2. The summed E-state index contributed by atoms with van der Waals surface area (Å²) in [6.07, 6.45) is 1.62. The van der Waals surface area contributed by atoms with Crippen LogP contribution >= 0.6 is 11.3 Å². The summed E-state index contributed by atoms with van der Waals surface area (Å²) >= 11 is 1.41. The number of carbonyl (C=O) groups excluding carboxylic acids is 1. The first-order chi connectivity index (χ1) is 10.8. The maximum Gasteiger partial charge on any atom is 0.267 e. The SMILES string of the molecule is COc1cc(C)c(NC(=O)c2cnc(C(C)(C)C)s2)cc1OC. The predicted molar refractivity (Wildman–Crippen MR) is 93.1 cm³/mol. The van der Waals surface area contributed by atoms with E-state index in [1.165, 1.54) is 11.3 Å². The van der Waals surface area contributed by atoms with Crippen LogP contribution in [0.5, 0.6) is 11.5 Å². The highest BCUT2D eigenvalue weighted by molar-refractivity contribution is 7.13. The molecular formula is C17H22N2O3S. The van der Waals surface area contributed by atoms with Crippen LogP contribution in [0.15, 0.2) is 18.3 Å². The zero-order chi connectivity index (χ0) is 17.2. The van der Waals surface area contributed by atoms with Gasteiger partial charge in [0, 0.05) is 17.2 Å². The number of aryl methyl sites for hydroxylation is 1. The number of amides is 1. The second-order valence-electron chi connectivity index (χ2n) is 6.26. The molecule has 0 aliphatic carbocycles. The fraction of sp³-hybridized carbons (Fsp3) is 0.412. The van der Waals surface area contributed by atoms with Crippen molar-refractivity contribution in [3.63, 3.8) is 0 Å². The van der Waals surface area contributed by atoms with Gasteiger partial charge in [0.05, 0.1) is 25.4 Å². The number of ether oxygens (including phenoxy) is 2. The summed E-state index contributed by atoms with van der Waals surface area (Å²) in [6, 6.07) is 3.60. The minimum absolute atomic E-state index is 0.0670. The summed E-state index contributed by atoms with van der Waals surface area (Å²) in [4.78, 5) is 17.4. The molecule has 0 saturated heterocycles. The minimum atomic E-state index is -0.173. The average Bonchev–Trinajstić information content (AvgIpc) is 2.98. The number of benzene rings is 1. The Morgan fingerprint density at radius 1 is 1.17 bits per heavy atom. The van der Waals surface area contributed by atoms with E-state index in [2.05, 4.69) is 31.1 Å². The number of hydrogen-bond donors (Lipinski definition) is 1. The number of thiazole rings is 1. The van der Waals surface area contributed by atoms with E-state index in [0.717, 1.165) is 10.6 Å². The second kappa shape index (κ2) is 6.58. The van der Waals surface area contributed by atoms with E-state index in [1.54, 1.807) is 26.5 Å². The number of anilines is 1. The smallest absolute Gasteiger partial charge is 0.267 e. The lowest BCUT2D eigenvalue weighted by atomic mass is 9.98. The van der Waals surface area contributed by atoms with Crippen molar-refractivity contribution >= 4 is 22.9 Å². The van der Waals surface area contributed by atoms with Crippen LogP contribution in [0.25, 0.3) is 0 Å². The summed E-state index contributed by atoms with van der Waals surface area (Å²) in [7, 11) is 3.15. The van der Waals surface area contributed by atoms with Gasteiger partial charge in [-0.15, -0.1) is 11.3 Å². The fourth-order valence-electron chi connectivity index (χ4n) is 2.03. The summed E-state index contributed by atoms with van der Waals surface area (Å²) in [5.74, 6) is 1.04. The Labute approximate surface area is 140 Å². The third kappa shape index (κ3) is 3.82. The van der Waals surface area contributed by atoms with Crippen LogP contribution in [0.1, 0.15) is 41.0 Å². The molecular weight excluding hydrogens is 312 g/mol. The summed E-state index contributed by atoms with van der Waals surface area (Å²) in [5, 5.41) is 3.85. The molecule has 124 valence electrons. The number of aromatic nitrogens is 1. The molecule has 5 nitrogen and oxygen atoms in total. The summed E-state index contributed by atoms with van der Waals surface area (Å²) in [5.41, 5.74) is 1.53. The van der Waals surface area contributed by atoms with E-state index in [4.69, 9.17) is 9.47 Å². The third-order valence-corrected chi connectivity index (χ3v) is 4.77. The Hall–Kier alpha value is -2.08. The molecule has 2 aromatic rings. The second-order valence-corrected chi connectivity index (χ2v) is 7.29. The molecule has 6 heteroatoms. The number of rotatable bonds is 4. The van der Waals surface area contributed by atoms with Gasteiger partial charge in [-0.25, -0.2) is 4.98 Å². The third-order valence-electron chi connectivity index (χ3n) is 3.35. The molecule has 1 heterocycles. The molecule has 0 atom stereocenters. The van der Waals surface area contributed by atoms with Crippen LogP contribution in [0.3, 0.4) is 0 Å². The number of carbonyl (C=O) groups is 1. The molecule has 0 unspecified atom stereocenters. The van der Waals surface area contributed by atoms with Gasteiger partial charge in [-0.2, -0.15) is 0 Å². The lowest BCUT2D eigenvalue weighted by Gasteiger charge is -2.14. The number of nitrogens with one attached hydrogen (secondary N) is 1. The van der Waals surface area contributed by atoms with Crippen molar-refractivity contribution in [1.29, 1.82) is 0 Å². The van der Waals surface area contributed by atoms with Gasteiger partial charge in [0.25, 0.3) is 5.91 Å². The van der Waals surface area contributed by atoms with Crippen molar-refractivity contribution in [2.75, 3.05) is 19.5 Å². The van der Waals surface area contributed by atoms with Gasteiger partial charge < -0.3 is 14.8 Å². The van der Waals surface area contributed by atoms with E-state index < -0.39 is 0 Å². The molecule has 1 N–H and O–H groups in total. The first-order valence-electron chi connectivity index (χ1n) is 7.26. The Bertz CT molecular complexity index is 717. The van der Waals surface area contributed by atoms with Crippen LogP contribution in [0.4, 0.5) is 5.69 Å². The standard InChI is InChI=1S/C17H22N2O3S/c1-10-7-12(21-5)13(22-6)8-11(10)19-15(20)14-9-18-16(23-14)17(2,3)4/h7-9H,1-6H3,(H,19,20). The van der Waals surface area contributed by atoms with E-state index in [9.17, 15) is 4.79 Å². The largest absolute Gasteiger partial charge is 0.493 e. The van der Waals surface area contributed by atoms with Crippen molar-refractivity contribution in [2.45, 2.75) is 33.1 Å². The van der Waals surface area contributed by atoms with Crippen LogP contribution < -0.4 is 14.8 Å². The molecule has 0 spiro atoms. The van der Waals surface area contributed by atoms with Gasteiger partial charge in [-0.05, 0) is 18.6 Å². The van der Waals surface area contributed by atoms with Gasteiger partial charge in [0.1, 0.15) is 4.88 Å². The van der Waals surface area contributed by atoms with Crippen molar-refractivity contribution in [3.8, 4) is 11.5 Å². The van der Waals surface area contributed by atoms with E-state index in [-0.39, 0.29) is 11.3 Å². The van der Waals surface area contributed by atoms with Crippen molar-refractivity contribution in [3.05, 3.63) is 33.8 Å². The van der Waals surface area contributed by atoms with Gasteiger partial charge in [-0.3, -0.25) is 4.79 Å². The van der Waals surface area contributed by atoms with Crippen LogP contribution in [-0.4, -0.2) is 25.1 Å².